The van der Waals surface area contributed by atoms with E-state index in [1.54, 1.807) is 17.6 Å². The Labute approximate surface area is 121 Å². The van der Waals surface area contributed by atoms with Crippen molar-refractivity contribution in [2.24, 2.45) is 0 Å². The van der Waals surface area contributed by atoms with E-state index in [0.29, 0.717) is 12.8 Å². The van der Waals surface area contributed by atoms with Gasteiger partial charge in [-0.2, -0.15) is 0 Å². The number of benzene rings is 1. The molecule has 0 spiro atoms. The molecular weight excluding hydrogens is 270 g/mol. The number of thiazole rings is 1. The first kappa shape index (κ1) is 13.1. The highest BCUT2D eigenvalue weighted by atomic mass is 32.1. The average Bonchev–Trinajstić information content (AvgIpc) is 2.96. The second-order valence-electron chi connectivity index (χ2n) is 5.02. The van der Waals surface area contributed by atoms with Gasteiger partial charge in [0.1, 0.15) is 16.4 Å². The van der Waals surface area contributed by atoms with Crippen LogP contribution in [0, 0.1) is 13.8 Å². The van der Waals surface area contributed by atoms with Crippen LogP contribution in [0.2, 0.25) is 0 Å². The van der Waals surface area contributed by atoms with Crippen LogP contribution in [0.4, 0.5) is 0 Å². The highest BCUT2D eigenvalue weighted by Gasteiger charge is 2.12. The van der Waals surface area contributed by atoms with Crippen molar-refractivity contribution in [1.82, 2.24) is 4.98 Å². The number of hydrogen-bond donors (Lipinski definition) is 0. The molecule has 4 heteroatoms. The fourth-order valence-corrected chi connectivity index (χ4v) is 3.07. The summed E-state index contributed by atoms with van der Waals surface area (Å²) in [6.45, 7) is 4.02. The van der Waals surface area contributed by atoms with Crippen LogP contribution in [0.3, 0.4) is 0 Å². The lowest BCUT2D eigenvalue weighted by Gasteiger charge is -1.98. The minimum Gasteiger partial charge on any atom is -0.464 e. The van der Waals surface area contributed by atoms with Crippen LogP contribution in [0.15, 0.2) is 35.1 Å². The second kappa shape index (κ2) is 5.21. The minimum atomic E-state index is 0.169. The Morgan fingerprint density at radius 1 is 1.30 bits per heavy atom. The van der Waals surface area contributed by atoms with E-state index in [9.17, 15) is 4.79 Å². The van der Waals surface area contributed by atoms with Gasteiger partial charge in [0.25, 0.3) is 0 Å². The second-order valence-corrected chi connectivity index (χ2v) is 6.34. The SMILES string of the molecule is Cc1ccc2c(CC(=O)Cc3ncc(C)s3)coc2c1. The van der Waals surface area contributed by atoms with Gasteiger partial charge in [-0.1, -0.05) is 12.1 Å². The number of carbonyl (C=O) groups is 1. The maximum absolute atomic E-state index is 12.1. The van der Waals surface area contributed by atoms with Gasteiger partial charge in [-0.05, 0) is 25.5 Å². The smallest absolute Gasteiger partial charge is 0.144 e. The first-order chi connectivity index (χ1) is 9.61. The molecule has 1 aromatic carbocycles. The predicted octanol–water partition coefficient (Wildman–Crippen LogP) is 3.86. The zero-order chi connectivity index (χ0) is 14.1. The first-order valence-corrected chi connectivity index (χ1v) is 7.33. The lowest BCUT2D eigenvalue weighted by molar-refractivity contribution is -0.117. The predicted molar refractivity (Wildman–Crippen MR) is 80.2 cm³/mol. The van der Waals surface area contributed by atoms with Gasteiger partial charge < -0.3 is 4.42 Å². The molecule has 0 bridgehead atoms. The van der Waals surface area contributed by atoms with Crippen molar-refractivity contribution < 1.29 is 9.21 Å². The number of hydrogen-bond acceptors (Lipinski definition) is 4. The number of nitrogens with zero attached hydrogens (tertiary/aromatic N) is 1. The molecule has 0 saturated heterocycles. The van der Waals surface area contributed by atoms with Gasteiger partial charge in [-0.3, -0.25) is 4.79 Å². The number of fused-ring (bicyclic) bond motifs is 1. The summed E-state index contributed by atoms with van der Waals surface area (Å²) in [6, 6.07) is 6.05. The Morgan fingerprint density at radius 3 is 2.90 bits per heavy atom. The van der Waals surface area contributed by atoms with E-state index in [2.05, 4.69) is 4.98 Å². The van der Waals surface area contributed by atoms with Crippen molar-refractivity contribution in [3.05, 3.63) is 51.7 Å². The quantitative estimate of drug-likeness (QED) is 0.731. The molecule has 0 N–H and O–H groups in total. The molecule has 0 fully saturated rings. The van der Waals surface area contributed by atoms with Crippen LogP contribution in [-0.2, 0) is 17.6 Å². The molecule has 2 heterocycles. The van der Waals surface area contributed by atoms with E-state index in [1.807, 2.05) is 38.2 Å². The van der Waals surface area contributed by atoms with E-state index in [-0.39, 0.29) is 5.78 Å². The number of aryl methyl sites for hydroxylation is 2. The Hall–Kier alpha value is -1.94. The zero-order valence-corrected chi connectivity index (χ0v) is 12.3. The Bertz CT molecular complexity index is 770. The van der Waals surface area contributed by atoms with Crippen molar-refractivity contribution in [1.29, 1.82) is 0 Å². The van der Waals surface area contributed by atoms with Crippen molar-refractivity contribution >= 4 is 28.1 Å². The third kappa shape index (κ3) is 2.65. The molecule has 0 amide bonds. The summed E-state index contributed by atoms with van der Waals surface area (Å²) in [6.07, 6.45) is 4.30. The number of furan rings is 1. The van der Waals surface area contributed by atoms with Crippen LogP contribution in [0.25, 0.3) is 11.0 Å². The molecule has 0 atom stereocenters. The Kier molecular flexibility index (Phi) is 3.40. The van der Waals surface area contributed by atoms with Gasteiger partial charge >= 0.3 is 0 Å². The Balaban J connectivity index is 1.77. The lowest BCUT2D eigenvalue weighted by Crippen LogP contribution is -2.05. The summed E-state index contributed by atoms with van der Waals surface area (Å²) < 4.78 is 5.52. The molecule has 102 valence electrons. The number of ketones is 1. The van der Waals surface area contributed by atoms with Crippen LogP contribution in [0.1, 0.15) is 21.0 Å². The topological polar surface area (TPSA) is 43.1 Å². The van der Waals surface area contributed by atoms with E-state index in [1.165, 1.54) is 0 Å². The van der Waals surface area contributed by atoms with Crippen LogP contribution in [-0.4, -0.2) is 10.8 Å². The van der Waals surface area contributed by atoms with E-state index in [4.69, 9.17) is 4.42 Å². The van der Waals surface area contributed by atoms with Crippen LogP contribution in [0.5, 0.6) is 0 Å². The number of Topliss-reactive ketones (excluding diaryl/α,β-unsaturated/α-hetero) is 1. The molecule has 2 aromatic heterocycles. The molecule has 0 aliphatic rings. The summed E-state index contributed by atoms with van der Waals surface area (Å²) in [5.74, 6) is 0.169. The molecule has 0 aliphatic carbocycles. The maximum atomic E-state index is 12.1. The fourth-order valence-electron chi connectivity index (χ4n) is 2.25. The van der Waals surface area contributed by atoms with E-state index >= 15 is 0 Å². The summed E-state index contributed by atoms with van der Waals surface area (Å²) >= 11 is 1.58. The maximum Gasteiger partial charge on any atom is 0.144 e. The van der Waals surface area contributed by atoms with Gasteiger partial charge in [-0.25, -0.2) is 4.98 Å². The largest absolute Gasteiger partial charge is 0.464 e. The highest BCUT2D eigenvalue weighted by Crippen LogP contribution is 2.23. The molecule has 20 heavy (non-hydrogen) atoms. The Morgan fingerprint density at radius 2 is 2.15 bits per heavy atom. The van der Waals surface area contributed by atoms with Crippen LogP contribution < -0.4 is 0 Å². The molecule has 0 aliphatic heterocycles. The van der Waals surface area contributed by atoms with Crippen molar-refractivity contribution in [3.8, 4) is 0 Å². The van der Waals surface area contributed by atoms with Gasteiger partial charge in [0.05, 0.1) is 12.7 Å². The van der Waals surface area contributed by atoms with E-state index in [0.717, 1.165) is 32.0 Å². The van der Waals surface area contributed by atoms with Gasteiger partial charge in [0, 0.05) is 28.4 Å². The average molecular weight is 285 g/mol. The highest BCUT2D eigenvalue weighted by molar-refractivity contribution is 7.11. The van der Waals surface area contributed by atoms with E-state index < -0.39 is 0 Å². The fraction of sp³-hybridized carbons (Fsp3) is 0.250. The lowest BCUT2D eigenvalue weighted by atomic mass is 10.1. The minimum absolute atomic E-state index is 0.169. The molecule has 0 saturated carbocycles. The number of rotatable bonds is 4. The number of aromatic nitrogens is 1. The van der Waals surface area contributed by atoms with Crippen molar-refractivity contribution in [3.63, 3.8) is 0 Å². The summed E-state index contributed by atoms with van der Waals surface area (Å²) in [5, 5.41) is 1.91. The zero-order valence-electron chi connectivity index (χ0n) is 11.5. The molecule has 3 rings (SSSR count). The summed E-state index contributed by atoms with van der Waals surface area (Å²) in [5.41, 5.74) is 2.96. The monoisotopic (exact) mass is 285 g/mol. The third-order valence-electron chi connectivity index (χ3n) is 3.22. The molecule has 0 radical (unpaired) electrons. The molecule has 3 aromatic rings. The molecule has 3 nitrogen and oxygen atoms in total. The van der Waals surface area contributed by atoms with Gasteiger partial charge in [-0.15, -0.1) is 11.3 Å². The van der Waals surface area contributed by atoms with Gasteiger partial charge in [0.15, 0.2) is 0 Å². The number of carbonyl (C=O) groups excluding carboxylic acids is 1. The normalized spacial score (nSPS) is 11.1. The third-order valence-corrected chi connectivity index (χ3v) is 4.13. The summed E-state index contributed by atoms with van der Waals surface area (Å²) in [7, 11) is 0. The molecule has 0 unspecified atom stereocenters. The molecular formula is C16H15NO2S. The summed E-state index contributed by atoms with van der Waals surface area (Å²) in [4.78, 5) is 17.5. The van der Waals surface area contributed by atoms with Crippen molar-refractivity contribution in [2.45, 2.75) is 26.7 Å². The first-order valence-electron chi connectivity index (χ1n) is 6.51. The van der Waals surface area contributed by atoms with Gasteiger partial charge in [0.2, 0.25) is 0 Å². The standard InChI is InChI=1S/C16H15NO2S/c1-10-3-4-14-12(9-19-15(14)5-10)6-13(18)7-16-17-8-11(2)20-16/h3-5,8-9H,6-7H2,1-2H3. The van der Waals surface area contributed by atoms with Crippen LogP contribution >= 0.6 is 11.3 Å². The van der Waals surface area contributed by atoms with Crippen molar-refractivity contribution in [2.75, 3.05) is 0 Å².